The fourth-order valence-corrected chi connectivity index (χ4v) is 3.88. The Hall–Kier alpha value is -3.07. The second-order valence-electron chi connectivity index (χ2n) is 6.35. The number of amides is 2. The molecule has 0 aliphatic carbocycles. The van der Waals surface area contributed by atoms with Crippen LogP contribution in [0.25, 0.3) is 0 Å². The van der Waals surface area contributed by atoms with E-state index in [0.29, 0.717) is 4.90 Å². The van der Waals surface area contributed by atoms with E-state index in [1.54, 1.807) is 0 Å². The van der Waals surface area contributed by atoms with E-state index >= 15 is 0 Å². The van der Waals surface area contributed by atoms with Gasteiger partial charge in [0.25, 0.3) is 5.69 Å². The van der Waals surface area contributed by atoms with Crippen LogP contribution in [0, 0.1) is 10.1 Å². The highest BCUT2D eigenvalue weighted by Gasteiger charge is 2.19. The third kappa shape index (κ3) is 4.61. The maximum atomic E-state index is 12.4. The third-order valence-electron chi connectivity index (χ3n) is 4.42. The predicted octanol–water partition coefficient (Wildman–Crippen LogP) is 3.02. The molecule has 2 amide bonds. The molecule has 28 heavy (non-hydrogen) atoms. The Morgan fingerprint density at radius 3 is 2.57 bits per heavy atom. The Bertz CT molecular complexity index is 913. The Kier molecular flexibility index (Phi) is 6.15. The summed E-state index contributed by atoms with van der Waals surface area (Å²) in [6.07, 6.45) is 2.26. The van der Waals surface area contributed by atoms with E-state index in [1.807, 2.05) is 24.3 Å². The molecule has 0 atom stereocenters. The number of benzene rings is 2. The lowest BCUT2D eigenvalue weighted by atomic mass is 10.2. The average molecular weight is 400 g/mol. The minimum Gasteiger partial charge on any atom is -0.370 e. The van der Waals surface area contributed by atoms with Crippen LogP contribution >= 0.6 is 11.8 Å². The number of hydrogen-bond acceptors (Lipinski definition) is 6. The van der Waals surface area contributed by atoms with Crippen molar-refractivity contribution < 1.29 is 14.5 Å². The number of rotatable bonds is 7. The van der Waals surface area contributed by atoms with Crippen molar-refractivity contribution in [1.82, 2.24) is 0 Å². The number of hydrogen-bond donors (Lipinski definition) is 2. The van der Waals surface area contributed by atoms with Crippen molar-refractivity contribution in [3.8, 4) is 0 Å². The van der Waals surface area contributed by atoms with Gasteiger partial charge < -0.3 is 16.0 Å². The highest BCUT2D eigenvalue weighted by Crippen LogP contribution is 2.31. The van der Waals surface area contributed by atoms with Gasteiger partial charge in [0.05, 0.1) is 26.9 Å². The first kappa shape index (κ1) is 19.7. The molecule has 1 saturated heterocycles. The van der Waals surface area contributed by atoms with Crippen LogP contribution in [0.5, 0.6) is 0 Å². The summed E-state index contributed by atoms with van der Waals surface area (Å²) >= 11 is 1.04. The summed E-state index contributed by atoms with van der Waals surface area (Å²) in [6.45, 7) is 1.92. The van der Waals surface area contributed by atoms with Crippen molar-refractivity contribution in [2.45, 2.75) is 17.7 Å². The van der Waals surface area contributed by atoms with Crippen molar-refractivity contribution in [2.24, 2.45) is 5.73 Å². The van der Waals surface area contributed by atoms with Gasteiger partial charge in [-0.1, -0.05) is 12.1 Å². The van der Waals surface area contributed by atoms with Crippen LogP contribution in [-0.4, -0.2) is 35.6 Å². The molecule has 3 rings (SSSR count). The molecule has 0 spiro atoms. The van der Waals surface area contributed by atoms with Crippen LogP contribution in [0.2, 0.25) is 0 Å². The van der Waals surface area contributed by atoms with Crippen molar-refractivity contribution in [3.05, 3.63) is 58.1 Å². The summed E-state index contributed by atoms with van der Waals surface area (Å²) in [6, 6.07) is 11.6. The molecular formula is C19H20N4O4S. The summed E-state index contributed by atoms with van der Waals surface area (Å²) in [5, 5.41) is 14.1. The minimum atomic E-state index is -0.740. The number of carbonyl (C=O) groups excluding carboxylic acids is 2. The highest BCUT2D eigenvalue weighted by atomic mass is 32.2. The normalized spacial score (nSPS) is 13.4. The van der Waals surface area contributed by atoms with Crippen molar-refractivity contribution in [1.29, 1.82) is 0 Å². The van der Waals surface area contributed by atoms with E-state index in [-0.39, 0.29) is 22.9 Å². The molecule has 9 heteroatoms. The van der Waals surface area contributed by atoms with Gasteiger partial charge in [-0.05, 0) is 37.1 Å². The van der Waals surface area contributed by atoms with Gasteiger partial charge in [0.15, 0.2) is 0 Å². The molecule has 2 aromatic carbocycles. The minimum absolute atomic E-state index is 0.00505. The first-order chi connectivity index (χ1) is 13.5. The van der Waals surface area contributed by atoms with Crippen LogP contribution in [0.1, 0.15) is 23.2 Å². The van der Waals surface area contributed by atoms with Crippen molar-refractivity contribution in [3.63, 3.8) is 0 Å². The van der Waals surface area contributed by atoms with Gasteiger partial charge in [0, 0.05) is 24.7 Å². The van der Waals surface area contributed by atoms with Crippen LogP contribution in [-0.2, 0) is 4.79 Å². The molecule has 0 aromatic heterocycles. The molecule has 2 aromatic rings. The molecule has 0 radical (unpaired) electrons. The molecule has 1 aliphatic heterocycles. The zero-order chi connectivity index (χ0) is 20.1. The van der Waals surface area contributed by atoms with Gasteiger partial charge in [-0.15, -0.1) is 11.8 Å². The molecule has 0 bridgehead atoms. The van der Waals surface area contributed by atoms with Gasteiger partial charge in [-0.2, -0.15) is 0 Å². The zero-order valence-corrected chi connectivity index (χ0v) is 15.9. The zero-order valence-electron chi connectivity index (χ0n) is 15.1. The fourth-order valence-electron chi connectivity index (χ4n) is 3.08. The lowest BCUT2D eigenvalue weighted by Gasteiger charge is -2.21. The van der Waals surface area contributed by atoms with E-state index in [2.05, 4.69) is 10.2 Å². The third-order valence-corrected chi connectivity index (χ3v) is 5.49. The molecular weight excluding hydrogens is 380 g/mol. The number of nitro benzene ring substituents is 1. The molecule has 1 heterocycles. The van der Waals surface area contributed by atoms with Gasteiger partial charge >= 0.3 is 0 Å². The van der Waals surface area contributed by atoms with Crippen LogP contribution < -0.4 is 16.0 Å². The SMILES string of the molecule is NC(=O)c1ccc(SCC(=O)Nc2ccccc2N2CCCC2)c([N+](=O)[O-])c1. The Labute approximate surface area is 166 Å². The quantitative estimate of drug-likeness (QED) is 0.419. The van der Waals surface area contributed by atoms with E-state index in [1.165, 1.54) is 12.1 Å². The molecule has 1 fully saturated rings. The standard InChI is InChI=1S/C19H20N4O4S/c20-19(25)13-7-8-17(16(11-13)23(26)27)28-12-18(24)21-14-5-1-2-6-15(14)22-9-3-4-10-22/h1-2,5-8,11H,3-4,9-10,12H2,(H2,20,25)(H,21,24). The summed E-state index contributed by atoms with van der Waals surface area (Å²) < 4.78 is 0. The molecule has 1 aliphatic rings. The number of anilines is 2. The lowest BCUT2D eigenvalue weighted by Crippen LogP contribution is -2.21. The average Bonchev–Trinajstić information content (AvgIpc) is 3.21. The summed E-state index contributed by atoms with van der Waals surface area (Å²) in [5.74, 6) is -0.994. The molecule has 0 saturated carbocycles. The number of nitrogens with zero attached hydrogens (tertiary/aromatic N) is 2. The molecule has 8 nitrogen and oxygen atoms in total. The first-order valence-electron chi connectivity index (χ1n) is 8.80. The maximum absolute atomic E-state index is 12.4. The Balaban J connectivity index is 1.68. The van der Waals surface area contributed by atoms with E-state index < -0.39 is 10.8 Å². The Morgan fingerprint density at radius 2 is 1.89 bits per heavy atom. The number of carbonyl (C=O) groups is 2. The van der Waals surface area contributed by atoms with Crippen LogP contribution in [0.4, 0.5) is 17.1 Å². The number of para-hydroxylation sites is 2. The Morgan fingerprint density at radius 1 is 1.18 bits per heavy atom. The van der Waals surface area contributed by atoms with Crippen molar-refractivity contribution >= 4 is 40.6 Å². The first-order valence-corrected chi connectivity index (χ1v) is 9.79. The monoisotopic (exact) mass is 400 g/mol. The van der Waals surface area contributed by atoms with Gasteiger partial charge in [-0.25, -0.2) is 0 Å². The molecule has 3 N–H and O–H groups in total. The van der Waals surface area contributed by atoms with E-state index in [4.69, 9.17) is 5.73 Å². The van der Waals surface area contributed by atoms with E-state index in [0.717, 1.165) is 55.1 Å². The number of nitrogens with two attached hydrogens (primary N) is 1. The molecule has 146 valence electrons. The van der Waals surface area contributed by atoms with Crippen molar-refractivity contribution in [2.75, 3.05) is 29.1 Å². The molecule has 0 unspecified atom stereocenters. The van der Waals surface area contributed by atoms with Crippen LogP contribution in [0.3, 0.4) is 0 Å². The van der Waals surface area contributed by atoms with E-state index in [9.17, 15) is 19.7 Å². The summed E-state index contributed by atoms with van der Waals surface area (Å²) in [5.41, 5.74) is 6.69. The number of nitro groups is 1. The predicted molar refractivity (Wildman–Crippen MR) is 109 cm³/mol. The second kappa shape index (κ2) is 8.75. The number of thioether (sulfide) groups is 1. The summed E-state index contributed by atoms with van der Waals surface area (Å²) in [4.78, 5) is 36.8. The van der Waals surface area contributed by atoms with Crippen LogP contribution in [0.15, 0.2) is 47.4 Å². The van der Waals surface area contributed by atoms with Gasteiger partial charge in [0.1, 0.15) is 0 Å². The smallest absolute Gasteiger partial charge is 0.283 e. The summed E-state index contributed by atoms with van der Waals surface area (Å²) in [7, 11) is 0. The maximum Gasteiger partial charge on any atom is 0.283 e. The fraction of sp³-hybridized carbons (Fsp3) is 0.263. The second-order valence-corrected chi connectivity index (χ2v) is 7.37. The lowest BCUT2D eigenvalue weighted by molar-refractivity contribution is -0.387. The number of primary amides is 1. The highest BCUT2D eigenvalue weighted by molar-refractivity contribution is 8.00. The largest absolute Gasteiger partial charge is 0.370 e. The number of nitrogens with one attached hydrogen (secondary N) is 1. The topological polar surface area (TPSA) is 119 Å². The van der Waals surface area contributed by atoms with Gasteiger partial charge in [-0.3, -0.25) is 19.7 Å². The van der Waals surface area contributed by atoms with Gasteiger partial charge in [0.2, 0.25) is 11.8 Å².